The Labute approximate surface area is 108 Å². The molecule has 2 N–H and O–H groups in total. The number of para-hydroxylation sites is 1. The van der Waals surface area contributed by atoms with Gasteiger partial charge in [-0.15, -0.1) is 0 Å². The highest BCUT2D eigenvalue weighted by Gasteiger charge is 2.05. The summed E-state index contributed by atoms with van der Waals surface area (Å²) >= 11 is 0. The van der Waals surface area contributed by atoms with Gasteiger partial charge in [0.15, 0.2) is 6.61 Å². The van der Waals surface area contributed by atoms with Crippen LogP contribution < -0.4 is 10.1 Å². The van der Waals surface area contributed by atoms with Crippen molar-refractivity contribution in [1.29, 1.82) is 5.26 Å². The monoisotopic (exact) mass is 248 g/mol. The van der Waals surface area contributed by atoms with Crippen molar-refractivity contribution < 1.29 is 9.84 Å². The average Bonchev–Trinajstić information content (AvgIpc) is 2.41. The second-order valence-corrected chi connectivity index (χ2v) is 4.20. The van der Waals surface area contributed by atoms with E-state index in [1.54, 1.807) is 0 Å². The van der Waals surface area contributed by atoms with E-state index in [-0.39, 0.29) is 13.2 Å². The van der Waals surface area contributed by atoms with E-state index >= 15 is 0 Å². The summed E-state index contributed by atoms with van der Waals surface area (Å²) in [5.74, 6) is 0.751. The van der Waals surface area contributed by atoms with Gasteiger partial charge in [-0.1, -0.05) is 18.2 Å². The van der Waals surface area contributed by atoms with Crippen molar-refractivity contribution in [2.45, 2.75) is 32.4 Å². The van der Waals surface area contributed by atoms with Crippen LogP contribution in [0.25, 0.3) is 0 Å². The minimum Gasteiger partial charge on any atom is -0.478 e. The summed E-state index contributed by atoms with van der Waals surface area (Å²) in [6.07, 6.45) is 1.75. The van der Waals surface area contributed by atoms with Gasteiger partial charge in [-0.2, -0.15) is 5.26 Å². The van der Waals surface area contributed by atoms with Gasteiger partial charge in [0.1, 0.15) is 11.8 Å². The zero-order chi connectivity index (χ0) is 13.2. The Morgan fingerprint density at radius 2 is 2.22 bits per heavy atom. The molecule has 0 aliphatic rings. The summed E-state index contributed by atoms with van der Waals surface area (Å²) in [6.45, 7) is 3.09. The van der Waals surface area contributed by atoms with Crippen molar-refractivity contribution in [3.8, 4) is 11.8 Å². The Hall–Kier alpha value is -1.57. The molecule has 4 heteroatoms. The zero-order valence-electron chi connectivity index (χ0n) is 10.7. The van der Waals surface area contributed by atoms with E-state index in [9.17, 15) is 0 Å². The van der Waals surface area contributed by atoms with Crippen LogP contribution in [0.1, 0.15) is 25.3 Å². The topological polar surface area (TPSA) is 65.3 Å². The van der Waals surface area contributed by atoms with E-state index in [2.05, 4.69) is 12.2 Å². The number of benzene rings is 1. The van der Waals surface area contributed by atoms with Crippen LogP contribution in [0.4, 0.5) is 0 Å². The molecule has 0 aliphatic carbocycles. The second-order valence-electron chi connectivity index (χ2n) is 4.20. The summed E-state index contributed by atoms with van der Waals surface area (Å²) in [4.78, 5) is 0. The highest BCUT2D eigenvalue weighted by Crippen LogP contribution is 2.17. The molecule has 18 heavy (non-hydrogen) atoms. The van der Waals surface area contributed by atoms with Crippen LogP contribution in [0.2, 0.25) is 0 Å². The van der Waals surface area contributed by atoms with Crippen molar-refractivity contribution in [1.82, 2.24) is 5.32 Å². The molecule has 0 heterocycles. The smallest absolute Gasteiger partial charge is 0.174 e. The van der Waals surface area contributed by atoms with E-state index in [1.807, 2.05) is 30.3 Å². The highest BCUT2D eigenvalue weighted by molar-refractivity contribution is 5.33. The molecule has 0 aromatic heterocycles. The molecule has 0 amide bonds. The van der Waals surface area contributed by atoms with Crippen molar-refractivity contribution in [3.63, 3.8) is 0 Å². The molecule has 1 aromatic rings. The maximum atomic E-state index is 8.76. The first kappa shape index (κ1) is 14.5. The lowest BCUT2D eigenvalue weighted by atomic mass is 10.1. The molecule has 0 radical (unpaired) electrons. The lowest BCUT2D eigenvalue weighted by Crippen LogP contribution is -2.25. The quantitative estimate of drug-likeness (QED) is 0.736. The molecule has 4 nitrogen and oxygen atoms in total. The Balaban J connectivity index is 2.48. The van der Waals surface area contributed by atoms with Crippen molar-refractivity contribution in [2.75, 3.05) is 13.2 Å². The predicted octanol–water partition coefficient (Wildman–Crippen LogP) is 1.84. The SMILES string of the molecule is CC(CCCO)NCc1ccccc1OCC#N. The molecule has 0 fully saturated rings. The van der Waals surface area contributed by atoms with E-state index in [1.165, 1.54) is 0 Å². The number of rotatable bonds is 8. The number of hydrogen-bond acceptors (Lipinski definition) is 4. The number of hydrogen-bond donors (Lipinski definition) is 2. The van der Waals surface area contributed by atoms with Crippen LogP contribution in [0.5, 0.6) is 5.75 Å². The third kappa shape index (κ3) is 5.17. The van der Waals surface area contributed by atoms with Crippen LogP contribution in [0, 0.1) is 11.3 Å². The molecule has 1 rings (SSSR count). The van der Waals surface area contributed by atoms with Crippen LogP contribution >= 0.6 is 0 Å². The molecular weight excluding hydrogens is 228 g/mol. The van der Waals surface area contributed by atoms with Gasteiger partial charge in [-0.25, -0.2) is 0 Å². The van der Waals surface area contributed by atoms with E-state index in [0.717, 1.165) is 24.2 Å². The molecular formula is C14H20N2O2. The summed E-state index contributed by atoms with van der Waals surface area (Å²) < 4.78 is 5.36. The normalized spacial score (nSPS) is 11.8. The van der Waals surface area contributed by atoms with Gasteiger partial charge in [0.25, 0.3) is 0 Å². The Kier molecular flexibility index (Phi) is 6.85. The number of nitrogens with zero attached hydrogens (tertiary/aromatic N) is 1. The number of aliphatic hydroxyl groups excluding tert-OH is 1. The van der Waals surface area contributed by atoms with Crippen LogP contribution in [-0.2, 0) is 6.54 Å². The third-order valence-electron chi connectivity index (χ3n) is 2.70. The molecule has 0 aliphatic heterocycles. The molecule has 1 aromatic carbocycles. The molecule has 0 saturated heterocycles. The number of nitriles is 1. The van der Waals surface area contributed by atoms with Gasteiger partial charge in [-0.05, 0) is 25.8 Å². The molecule has 0 spiro atoms. The predicted molar refractivity (Wildman–Crippen MR) is 70.2 cm³/mol. The first-order chi connectivity index (χ1) is 8.77. The fourth-order valence-electron chi connectivity index (χ4n) is 1.68. The lowest BCUT2D eigenvalue weighted by Gasteiger charge is -2.15. The Bertz CT molecular complexity index is 388. The van der Waals surface area contributed by atoms with Crippen LogP contribution in [-0.4, -0.2) is 24.4 Å². The first-order valence-electron chi connectivity index (χ1n) is 6.19. The van der Waals surface area contributed by atoms with Gasteiger partial charge >= 0.3 is 0 Å². The second kappa shape index (κ2) is 8.51. The van der Waals surface area contributed by atoms with Crippen LogP contribution in [0.3, 0.4) is 0 Å². The standard InChI is InChI=1S/C14H20N2O2/c1-12(5-4-9-17)16-11-13-6-2-3-7-14(13)18-10-8-15/h2-3,6-7,12,16-17H,4-5,9-11H2,1H3. The van der Waals surface area contributed by atoms with E-state index < -0.39 is 0 Å². The van der Waals surface area contributed by atoms with Gasteiger partial charge in [0.2, 0.25) is 0 Å². The first-order valence-corrected chi connectivity index (χ1v) is 6.19. The maximum absolute atomic E-state index is 8.76. The Morgan fingerprint density at radius 1 is 1.44 bits per heavy atom. The average molecular weight is 248 g/mol. The van der Waals surface area contributed by atoms with Gasteiger partial charge in [0.05, 0.1) is 0 Å². The fourth-order valence-corrected chi connectivity index (χ4v) is 1.68. The summed E-state index contributed by atoms with van der Waals surface area (Å²) in [6, 6.07) is 10.0. The van der Waals surface area contributed by atoms with Crippen molar-refractivity contribution in [2.24, 2.45) is 0 Å². The fraction of sp³-hybridized carbons (Fsp3) is 0.500. The van der Waals surface area contributed by atoms with Crippen molar-refractivity contribution in [3.05, 3.63) is 29.8 Å². The van der Waals surface area contributed by atoms with Gasteiger partial charge < -0.3 is 15.2 Å². The summed E-state index contributed by atoms with van der Waals surface area (Å²) in [5, 5.41) is 20.7. The van der Waals surface area contributed by atoms with E-state index in [4.69, 9.17) is 15.1 Å². The lowest BCUT2D eigenvalue weighted by molar-refractivity contribution is 0.276. The molecule has 1 unspecified atom stereocenters. The summed E-state index contributed by atoms with van der Waals surface area (Å²) in [5.41, 5.74) is 1.04. The molecule has 98 valence electrons. The molecule has 1 atom stereocenters. The van der Waals surface area contributed by atoms with Crippen LogP contribution in [0.15, 0.2) is 24.3 Å². The third-order valence-corrected chi connectivity index (χ3v) is 2.70. The zero-order valence-corrected chi connectivity index (χ0v) is 10.7. The summed E-state index contributed by atoms with van der Waals surface area (Å²) in [7, 11) is 0. The minimum atomic E-state index is 0.0665. The largest absolute Gasteiger partial charge is 0.478 e. The van der Waals surface area contributed by atoms with Gasteiger partial charge in [0, 0.05) is 24.8 Å². The molecule has 0 bridgehead atoms. The highest BCUT2D eigenvalue weighted by atomic mass is 16.5. The molecule has 0 saturated carbocycles. The number of nitrogens with one attached hydrogen (secondary N) is 1. The Morgan fingerprint density at radius 3 is 2.94 bits per heavy atom. The van der Waals surface area contributed by atoms with Gasteiger partial charge in [-0.3, -0.25) is 0 Å². The number of aliphatic hydroxyl groups is 1. The maximum Gasteiger partial charge on any atom is 0.174 e. The van der Waals surface area contributed by atoms with Crippen molar-refractivity contribution >= 4 is 0 Å². The van der Waals surface area contributed by atoms with E-state index in [0.29, 0.717) is 12.6 Å². The number of ether oxygens (including phenoxy) is 1. The minimum absolute atomic E-state index is 0.0665.